The Kier molecular flexibility index (Phi) is 9.36. The monoisotopic (exact) mass is 551 g/mol. The van der Waals surface area contributed by atoms with Gasteiger partial charge in [0.25, 0.3) is 11.9 Å². The second-order valence-electron chi connectivity index (χ2n) is 9.46. The van der Waals surface area contributed by atoms with Gasteiger partial charge in [-0.05, 0) is 44.4 Å². The molecule has 3 fully saturated rings. The number of carbonyl (C=O) groups excluding carboxylic acids is 1. The number of likely N-dealkylation sites (tertiary alicyclic amines) is 1. The second kappa shape index (κ2) is 12.5. The summed E-state index contributed by atoms with van der Waals surface area (Å²) in [6.07, 6.45) is 2.89. The summed E-state index contributed by atoms with van der Waals surface area (Å²) in [5, 5.41) is 4.03. The quantitative estimate of drug-likeness (QED) is 0.241. The molecule has 3 aliphatic rings. The van der Waals surface area contributed by atoms with Crippen LogP contribution in [-0.4, -0.2) is 86.5 Å². The molecular weight excluding hydrogens is 517 g/mol. The van der Waals surface area contributed by atoms with E-state index in [0.29, 0.717) is 65.4 Å². The fraction of sp³-hybridized carbons (Fsp3) is 0.538. The van der Waals surface area contributed by atoms with Crippen molar-refractivity contribution in [3.05, 3.63) is 51.8 Å². The Hall–Kier alpha value is -2.30. The third kappa shape index (κ3) is 6.59. The lowest BCUT2D eigenvalue weighted by Gasteiger charge is -2.49. The lowest BCUT2D eigenvalue weighted by molar-refractivity contribution is -0.151. The Balaban J connectivity index is 1.46. The molecule has 0 radical (unpaired) electrons. The molecule has 1 aromatic carbocycles. The number of hydrogen-bond donors (Lipinski definition) is 2. The summed E-state index contributed by atoms with van der Waals surface area (Å²) in [6, 6.07) is 5.85. The number of amidine groups is 1. The lowest BCUT2D eigenvalue weighted by Crippen LogP contribution is -2.60. The minimum absolute atomic E-state index is 0.0983. The predicted molar refractivity (Wildman–Crippen MR) is 146 cm³/mol. The van der Waals surface area contributed by atoms with Crippen LogP contribution in [-0.2, 0) is 19.0 Å². The molecule has 202 valence electrons. The molecule has 0 bridgehead atoms. The van der Waals surface area contributed by atoms with Gasteiger partial charge < -0.3 is 30.2 Å². The molecule has 4 rings (SSSR count). The first-order chi connectivity index (χ1) is 17.8. The van der Waals surface area contributed by atoms with Crippen LogP contribution in [0.15, 0.2) is 46.7 Å². The highest BCUT2D eigenvalue weighted by molar-refractivity contribution is 6.42. The third-order valence-electron chi connectivity index (χ3n) is 7.25. The number of allylic oxidation sites excluding steroid dienone is 1. The van der Waals surface area contributed by atoms with Crippen molar-refractivity contribution in [1.29, 1.82) is 0 Å². The molecule has 3 saturated heterocycles. The largest absolute Gasteiger partial charge is 0.469 e. The average Bonchev–Trinajstić information content (AvgIpc) is 2.92. The van der Waals surface area contributed by atoms with E-state index in [9.17, 15) is 4.79 Å². The molecular formula is C26H35Cl2N5O4. The number of halogens is 2. The van der Waals surface area contributed by atoms with E-state index < -0.39 is 0 Å². The van der Waals surface area contributed by atoms with Gasteiger partial charge in [0.05, 0.1) is 36.5 Å². The van der Waals surface area contributed by atoms with Crippen molar-refractivity contribution in [2.24, 2.45) is 10.7 Å². The molecule has 0 saturated carbocycles. The zero-order chi connectivity index (χ0) is 26.5. The highest BCUT2D eigenvalue weighted by atomic mass is 35.5. The Bertz CT molecular complexity index is 1070. The van der Waals surface area contributed by atoms with Crippen molar-refractivity contribution < 1.29 is 19.0 Å². The van der Waals surface area contributed by atoms with Crippen molar-refractivity contribution >= 4 is 40.8 Å². The molecule has 3 N–H and O–H groups in total. The van der Waals surface area contributed by atoms with Crippen LogP contribution < -0.4 is 11.1 Å². The molecule has 0 unspecified atom stereocenters. The van der Waals surface area contributed by atoms with Gasteiger partial charge in [-0.2, -0.15) is 4.99 Å². The molecule has 9 nitrogen and oxygen atoms in total. The van der Waals surface area contributed by atoms with Crippen molar-refractivity contribution in [3.63, 3.8) is 0 Å². The molecule has 0 aliphatic carbocycles. The molecule has 3 heterocycles. The maximum absolute atomic E-state index is 13.7. The van der Waals surface area contributed by atoms with Crippen molar-refractivity contribution in [2.75, 3.05) is 51.9 Å². The number of carbonyl (C=O) groups is 1. The first kappa shape index (κ1) is 27.7. The first-order valence-corrected chi connectivity index (χ1v) is 13.3. The SMILES string of the molecule is C=C(Nc1ccc(Cl)c(Cl)c1)/C(C)=C(\N=C(N)OC)C(=O)N1CCC(N2CCO[C@H]3COCC[C@H]32)CC1. The van der Waals surface area contributed by atoms with Gasteiger partial charge in [0.2, 0.25) is 0 Å². The number of fused-ring (bicyclic) bond motifs is 1. The van der Waals surface area contributed by atoms with Gasteiger partial charge in [-0.25, -0.2) is 0 Å². The van der Waals surface area contributed by atoms with Gasteiger partial charge in [0.1, 0.15) is 5.70 Å². The Morgan fingerprint density at radius 1 is 1.19 bits per heavy atom. The number of nitrogens with one attached hydrogen (secondary N) is 1. The van der Waals surface area contributed by atoms with Crippen LogP contribution >= 0.6 is 23.2 Å². The summed E-state index contributed by atoms with van der Waals surface area (Å²) in [5.41, 5.74) is 7.78. The Labute approximate surface area is 228 Å². The van der Waals surface area contributed by atoms with Crippen LogP contribution in [0.3, 0.4) is 0 Å². The molecule has 3 aliphatic heterocycles. The van der Waals surface area contributed by atoms with E-state index in [0.717, 1.165) is 32.4 Å². The maximum Gasteiger partial charge on any atom is 0.287 e. The number of nitrogens with zero attached hydrogens (tertiary/aromatic N) is 3. The zero-order valence-electron chi connectivity index (χ0n) is 21.3. The fourth-order valence-electron chi connectivity index (χ4n) is 5.15. The zero-order valence-corrected chi connectivity index (χ0v) is 22.9. The topological polar surface area (TPSA) is 102 Å². The number of methoxy groups -OCH3 is 1. The number of hydrogen-bond acceptors (Lipinski definition) is 7. The summed E-state index contributed by atoms with van der Waals surface area (Å²) in [4.78, 5) is 22.4. The van der Waals surface area contributed by atoms with E-state index >= 15 is 0 Å². The fourth-order valence-corrected chi connectivity index (χ4v) is 5.45. The Morgan fingerprint density at radius 2 is 1.95 bits per heavy atom. The van der Waals surface area contributed by atoms with Crippen LogP contribution in [0.4, 0.5) is 5.69 Å². The van der Waals surface area contributed by atoms with Gasteiger partial charge in [-0.15, -0.1) is 0 Å². The number of nitrogens with two attached hydrogens (primary N) is 1. The smallest absolute Gasteiger partial charge is 0.287 e. The van der Waals surface area contributed by atoms with Crippen LogP contribution in [0.1, 0.15) is 26.2 Å². The summed E-state index contributed by atoms with van der Waals surface area (Å²) < 4.78 is 16.6. The summed E-state index contributed by atoms with van der Waals surface area (Å²) in [7, 11) is 1.41. The third-order valence-corrected chi connectivity index (χ3v) is 7.99. The van der Waals surface area contributed by atoms with Gasteiger partial charge >= 0.3 is 0 Å². The maximum atomic E-state index is 13.7. The van der Waals surface area contributed by atoms with E-state index in [-0.39, 0.29) is 23.7 Å². The van der Waals surface area contributed by atoms with E-state index in [1.54, 1.807) is 25.1 Å². The molecule has 37 heavy (non-hydrogen) atoms. The van der Waals surface area contributed by atoms with Gasteiger partial charge in [0, 0.05) is 55.3 Å². The highest BCUT2D eigenvalue weighted by Gasteiger charge is 2.39. The van der Waals surface area contributed by atoms with E-state index in [4.69, 9.17) is 43.1 Å². The minimum Gasteiger partial charge on any atom is -0.469 e. The Morgan fingerprint density at radius 3 is 2.65 bits per heavy atom. The number of benzene rings is 1. The number of morpholine rings is 1. The molecule has 11 heteroatoms. The van der Waals surface area contributed by atoms with Gasteiger partial charge in [-0.1, -0.05) is 29.8 Å². The highest BCUT2D eigenvalue weighted by Crippen LogP contribution is 2.30. The number of anilines is 1. The number of piperidine rings is 1. The first-order valence-electron chi connectivity index (χ1n) is 12.5. The molecule has 1 aromatic rings. The van der Waals surface area contributed by atoms with Crippen LogP contribution in [0.2, 0.25) is 10.0 Å². The molecule has 0 aromatic heterocycles. The van der Waals surface area contributed by atoms with Crippen LogP contribution in [0, 0.1) is 0 Å². The standard InChI is InChI=1S/C26H35Cl2N5O4/c1-16(17(2)30-18-4-5-20(27)21(28)14-18)24(31-26(29)35-3)25(34)32-9-6-19(7-10-32)33-11-13-37-23-15-36-12-8-22(23)33/h4-5,14,19,22-23,30H,2,6-13,15H2,1,3H3,(H2,29,31)/b24-16-/t22-,23+/m1/s1. The van der Waals surface area contributed by atoms with Gasteiger partial charge in [-0.3, -0.25) is 9.69 Å². The van der Waals surface area contributed by atoms with Crippen LogP contribution in [0.5, 0.6) is 0 Å². The minimum atomic E-state index is -0.209. The van der Waals surface area contributed by atoms with E-state index in [1.165, 1.54) is 7.11 Å². The van der Waals surface area contributed by atoms with Gasteiger partial charge in [0.15, 0.2) is 0 Å². The number of ether oxygens (including phenoxy) is 3. The molecule has 2 atom stereocenters. The molecule has 1 amide bonds. The van der Waals surface area contributed by atoms with Crippen molar-refractivity contribution in [1.82, 2.24) is 9.80 Å². The normalized spacial score (nSPS) is 24.2. The summed E-state index contributed by atoms with van der Waals surface area (Å²) >= 11 is 12.2. The van der Waals surface area contributed by atoms with E-state index in [1.807, 2.05) is 4.90 Å². The second-order valence-corrected chi connectivity index (χ2v) is 10.3. The van der Waals surface area contributed by atoms with Crippen LogP contribution in [0.25, 0.3) is 0 Å². The summed E-state index contributed by atoms with van der Waals surface area (Å²) in [5.74, 6) is -0.209. The number of rotatable bonds is 6. The van der Waals surface area contributed by atoms with E-state index in [2.05, 4.69) is 21.8 Å². The number of amides is 1. The average molecular weight is 553 g/mol. The number of aliphatic imine (C=N–C) groups is 1. The summed E-state index contributed by atoms with van der Waals surface area (Å²) in [6.45, 7) is 10.2. The van der Waals surface area contributed by atoms with Crippen molar-refractivity contribution in [2.45, 2.75) is 44.4 Å². The lowest BCUT2D eigenvalue weighted by atomic mass is 9.95. The predicted octanol–water partition coefficient (Wildman–Crippen LogP) is 3.63. The molecule has 0 spiro atoms. The van der Waals surface area contributed by atoms with Crippen molar-refractivity contribution in [3.8, 4) is 0 Å².